The zero-order valence-electron chi connectivity index (χ0n) is 19.8. The number of likely N-dealkylation sites (tertiary alicyclic amines) is 1. The Labute approximate surface area is 210 Å². The van der Waals surface area contributed by atoms with Crippen molar-refractivity contribution < 1.29 is 9.53 Å². The number of amides is 1. The van der Waals surface area contributed by atoms with E-state index in [4.69, 9.17) is 9.73 Å². The summed E-state index contributed by atoms with van der Waals surface area (Å²) in [5.74, 6) is 1.59. The number of morpholine rings is 1. The highest BCUT2D eigenvalue weighted by molar-refractivity contribution is 14.0. The van der Waals surface area contributed by atoms with Crippen LogP contribution in [0.4, 0.5) is 0 Å². The minimum absolute atomic E-state index is 0. The molecule has 0 aliphatic carbocycles. The maximum absolute atomic E-state index is 11.7. The van der Waals surface area contributed by atoms with Gasteiger partial charge in [0, 0.05) is 52.7 Å². The maximum Gasteiger partial charge on any atom is 0.220 e. The van der Waals surface area contributed by atoms with Crippen LogP contribution in [-0.2, 0) is 22.6 Å². The smallest absolute Gasteiger partial charge is 0.220 e. The van der Waals surface area contributed by atoms with Crippen molar-refractivity contribution >= 4 is 35.8 Å². The zero-order chi connectivity index (χ0) is 22.1. The number of guanidine groups is 1. The topological polar surface area (TPSA) is 69.2 Å². The van der Waals surface area contributed by atoms with Gasteiger partial charge in [0.2, 0.25) is 5.91 Å². The number of carbonyl (C=O) groups is 1. The fourth-order valence-corrected chi connectivity index (χ4v) is 4.42. The van der Waals surface area contributed by atoms with E-state index in [-0.39, 0.29) is 29.9 Å². The number of benzene rings is 1. The molecule has 32 heavy (non-hydrogen) atoms. The van der Waals surface area contributed by atoms with Crippen molar-refractivity contribution in [2.24, 2.45) is 10.9 Å². The zero-order valence-corrected chi connectivity index (χ0v) is 22.1. The predicted molar refractivity (Wildman–Crippen MR) is 140 cm³/mol. The number of carbonyl (C=O) groups excluding carboxylic acids is 1. The van der Waals surface area contributed by atoms with Crippen LogP contribution in [-0.4, -0.2) is 74.1 Å². The molecule has 0 bridgehead atoms. The Kier molecular flexibility index (Phi) is 11.7. The molecule has 180 valence electrons. The van der Waals surface area contributed by atoms with E-state index in [0.29, 0.717) is 25.0 Å². The van der Waals surface area contributed by atoms with E-state index in [1.54, 1.807) is 7.05 Å². The fourth-order valence-electron chi connectivity index (χ4n) is 4.42. The first-order valence-electron chi connectivity index (χ1n) is 11.7. The first kappa shape index (κ1) is 26.9. The third-order valence-corrected chi connectivity index (χ3v) is 6.14. The van der Waals surface area contributed by atoms with Crippen molar-refractivity contribution in [2.75, 3.05) is 46.4 Å². The van der Waals surface area contributed by atoms with Crippen LogP contribution in [0.2, 0.25) is 0 Å². The molecule has 8 heteroatoms. The summed E-state index contributed by atoms with van der Waals surface area (Å²) in [5.41, 5.74) is 2.57. The van der Waals surface area contributed by atoms with Gasteiger partial charge in [0.05, 0.1) is 19.3 Å². The summed E-state index contributed by atoms with van der Waals surface area (Å²) in [5, 5.41) is 6.19. The molecule has 1 unspecified atom stereocenters. The van der Waals surface area contributed by atoms with Gasteiger partial charge in [0.25, 0.3) is 0 Å². The molecular weight excluding hydrogens is 517 g/mol. The lowest BCUT2D eigenvalue weighted by atomic mass is 9.93. The van der Waals surface area contributed by atoms with Gasteiger partial charge >= 0.3 is 0 Å². The minimum Gasteiger partial charge on any atom is -0.376 e. The van der Waals surface area contributed by atoms with Gasteiger partial charge in [-0.15, -0.1) is 24.0 Å². The van der Waals surface area contributed by atoms with Gasteiger partial charge in [-0.25, -0.2) is 4.99 Å². The van der Waals surface area contributed by atoms with Gasteiger partial charge in [-0.05, 0) is 43.7 Å². The summed E-state index contributed by atoms with van der Waals surface area (Å²) < 4.78 is 5.66. The van der Waals surface area contributed by atoms with E-state index in [0.717, 1.165) is 64.7 Å². The molecule has 1 atom stereocenters. The molecule has 1 aromatic rings. The molecule has 1 amide bonds. The van der Waals surface area contributed by atoms with Crippen LogP contribution in [0, 0.1) is 5.92 Å². The second kappa shape index (κ2) is 14.0. The Morgan fingerprint density at radius 3 is 2.66 bits per heavy atom. The van der Waals surface area contributed by atoms with E-state index in [1.165, 1.54) is 11.1 Å². The number of piperidine rings is 1. The first-order chi connectivity index (χ1) is 15.1. The molecule has 2 N–H and O–H groups in total. The van der Waals surface area contributed by atoms with Gasteiger partial charge in [0.15, 0.2) is 5.96 Å². The molecule has 2 fully saturated rings. The van der Waals surface area contributed by atoms with Crippen molar-refractivity contribution in [3.8, 4) is 0 Å². The lowest BCUT2D eigenvalue weighted by molar-refractivity contribution is -0.121. The molecule has 7 nitrogen and oxygen atoms in total. The van der Waals surface area contributed by atoms with Gasteiger partial charge < -0.3 is 20.3 Å². The number of rotatable bonds is 7. The number of nitrogens with zero attached hydrogens (tertiary/aromatic N) is 3. The number of ether oxygens (including phenoxy) is 1. The second-order valence-corrected chi connectivity index (χ2v) is 8.71. The van der Waals surface area contributed by atoms with E-state index in [1.807, 2.05) is 0 Å². The van der Waals surface area contributed by atoms with E-state index >= 15 is 0 Å². The van der Waals surface area contributed by atoms with Gasteiger partial charge in [-0.2, -0.15) is 0 Å². The van der Waals surface area contributed by atoms with E-state index < -0.39 is 0 Å². The molecule has 2 aliphatic heterocycles. The predicted octanol–water partition coefficient (Wildman–Crippen LogP) is 2.84. The van der Waals surface area contributed by atoms with Crippen molar-refractivity contribution in [1.29, 1.82) is 0 Å². The number of hydrogen-bond donors (Lipinski definition) is 2. The highest BCUT2D eigenvalue weighted by atomic mass is 127. The summed E-state index contributed by atoms with van der Waals surface area (Å²) in [4.78, 5) is 21.4. The molecule has 0 radical (unpaired) electrons. The molecular formula is C24H40IN5O2. The average Bonchev–Trinajstić information content (AvgIpc) is 2.77. The minimum atomic E-state index is 0. The largest absolute Gasteiger partial charge is 0.376 e. The first-order valence-corrected chi connectivity index (χ1v) is 11.7. The lowest BCUT2D eigenvalue weighted by Gasteiger charge is -2.34. The summed E-state index contributed by atoms with van der Waals surface area (Å²) in [7, 11) is 1.71. The normalized spacial score (nSPS) is 20.5. The highest BCUT2D eigenvalue weighted by Gasteiger charge is 2.23. The van der Waals surface area contributed by atoms with Crippen molar-refractivity contribution in [3.63, 3.8) is 0 Å². The maximum atomic E-state index is 11.7. The monoisotopic (exact) mass is 557 g/mol. The average molecular weight is 558 g/mol. The van der Waals surface area contributed by atoms with Gasteiger partial charge in [-0.3, -0.25) is 9.69 Å². The molecule has 2 heterocycles. The highest BCUT2D eigenvalue weighted by Crippen LogP contribution is 2.21. The van der Waals surface area contributed by atoms with E-state index in [9.17, 15) is 4.79 Å². The van der Waals surface area contributed by atoms with Crippen molar-refractivity contribution in [3.05, 3.63) is 35.4 Å². The lowest BCUT2D eigenvalue weighted by Crippen LogP contribution is -2.46. The van der Waals surface area contributed by atoms with Crippen LogP contribution in [0.25, 0.3) is 0 Å². The Hall–Kier alpha value is -1.39. The third-order valence-electron chi connectivity index (χ3n) is 6.14. The Morgan fingerprint density at radius 2 is 1.97 bits per heavy atom. The SMILES string of the molecule is CCNC(=NCc1cccc(CN2CCOC(C)C2)c1)N1CCC(CC(=O)NC)CC1.I. The summed E-state index contributed by atoms with van der Waals surface area (Å²) in [6, 6.07) is 8.79. The second-order valence-electron chi connectivity index (χ2n) is 8.71. The fraction of sp³-hybridized carbons (Fsp3) is 0.667. The third kappa shape index (κ3) is 8.51. The number of nitrogens with one attached hydrogen (secondary N) is 2. The molecule has 2 saturated heterocycles. The Morgan fingerprint density at radius 1 is 1.22 bits per heavy atom. The number of hydrogen-bond acceptors (Lipinski definition) is 4. The molecule has 0 spiro atoms. The molecule has 1 aromatic carbocycles. The Bertz CT molecular complexity index is 737. The molecule has 0 aromatic heterocycles. The van der Waals surface area contributed by atoms with Crippen LogP contribution in [0.3, 0.4) is 0 Å². The summed E-state index contributed by atoms with van der Waals surface area (Å²) in [6.07, 6.45) is 3.01. The molecule has 0 saturated carbocycles. The molecule has 2 aliphatic rings. The van der Waals surface area contributed by atoms with Crippen LogP contribution < -0.4 is 10.6 Å². The summed E-state index contributed by atoms with van der Waals surface area (Å²) >= 11 is 0. The van der Waals surface area contributed by atoms with Gasteiger partial charge in [-0.1, -0.05) is 24.3 Å². The van der Waals surface area contributed by atoms with Crippen molar-refractivity contribution in [2.45, 2.75) is 52.3 Å². The van der Waals surface area contributed by atoms with E-state index in [2.05, 4.69) is 58.5 Å². The Balaban J connectivity index is 0.00000363. The number of aliphatic imine (C=N–C) groups is 1. The molecule has 3 rings (SSSR count). The quantitative estimate of drug-likeness (QED) is 0.307. The van der Waals surface area contributed by atoms with Crippen LogP contribution in [0.1, 0.15) is 44.2 Å². The van der Waals surface area contributed by atoms with Crippen LogP contribution in [0.5, 0.6) is 0 Å². The van der Waals surface area contributed by atoms with Crippen LogP contribution >= 0.6 is 24.0 Å². The van der Waals surface area contributed by atoms with Crippen LogP contribution in [0.15, 0.2) is 29.3 Å². The van der Waals surface area contributed by atoms with Gasteiger partial charge in [0.1, 0.15) is 0 Å². The summed E-state index contributed by atoms with van der Waals surface area (Å²) in [6.45, 7) is 11.4. The van der Waals surface area contributed by atoms with Crippen molar-refractivity contribution in [1.82, 2.24) is 20.4 Å². The number of halogens is 1. The standard InChI is InChI=1S/C24H39N5O2.HI/c1-4-26-24(29-10-8-20(9-11-29)15-23(30)25-3)27-16-21-6-5-7-22(14-21)18-28-12-13-31-19(2)17-28;/h5-7,14,19-20H,4,8-13,15-18H2,1-3H3,(H,25,30)(H,26,27);1H.